The monoisotopic (exact) mass is 466 g/mol. The number of ether oxygens (including phenoxy) is 1. The van der Waals surface area contributed by atoms with E-state index in [4.69, 9.17) is 4.74 Å². The Hall–Kier alpha value is -3.35. The van der Waals surface area contributed by atoms with Crippen molar-refractivity contribution in [3.63, 3.8) is 0 Å². The first kappa shape index (κ1) is 25.3. The molecule has 3 N–H and O–H groups in total. The minimum Gasteiger partial charge on any atom is -0.480 e. The van der Waals surface area contributed by atoms with Gasteiger partial charge in [0.25, 0.3) is 0 Å². The largest absolute Gasteiger partial charge is 0.480 e. The molecule has 0 saturated heterocycles. The molecule has 2 atom stereocenters. The van der Waals surface area contributed by atoms with E-state index in [1.165, 1.54) is 18.1 Å². The Morgan fingerprint density at radius 2 is 1.62 bits per heavy atom. The van der Waals surface area contributed by atoms with Gasteiger partial charge in [-0.05, 0) is 41.5 Å². The van der Waals surface area contributed by atoms with Crippen molar-refractivity contribution in [1.29, 1.82) is 0 Å². The minimum atomic E-state index is -1.29. The van der Waals surface area contributed by atoms with Crippen LogP contribution in [-0.4, -0.2) is 41.8 Å². The summed E-state index contributed by atoms with van der Waals surface area (Å²) in [6, 6.07) is 16.3. The summed E-state index contributed by atoms with van der Waals surface area (Å²) in [5.74, 6) is -1.52. The lowest BCUT2D eigenvalue weighted by atomic mass is 9.94. The van der Waals surface area contributed by atoms with Crippen molar-refractivity contribution in [2.75, 3.05) is 13.2 Å². The van der Waals surface area contributed by atoms with Crippen LogP contribution in [0.15, 0.2) is 48.5 Å². The van der Waals surface area contributed by atoms with Crippen molar-refractivity contribution in [2.45, 2.75) is 57.9 Å². The van der Waals surface area contributed by atoms with Gasteiger partial charge in [0.2, 0.25) is 5.91 Å². The maximum Gasteiger partial charge on any atom is 0.407 e. The highest BCUT2D eigenvalue weighted by Crippen LogP contribution is 2.44. The van der Waals surface area contributed by atoms with Gasteiger partial charge in [-0.2, -0.15) is 0 Å². The van der Waals surface area contributed by atoms with Gasteiger partial charge >= 0.3 is 12.1 Å². The fourth-order valence-electron chi connectivity index (χ4n) is 4.58. The molecule has 34 heavy (non-hydrogen) atoms. The predicted molar refractivity (Wildman–Crippen MR) is 131 cm³/mol. The number of carbonyl (C=O) groups is 3. The van der Waals surface area contributed by atoms with Crippen molar-refractivity contribution >= 4 is 18.0 Å². The van der Waals surface area contributed by atoms with Crippen molar-refractivity contribution in [3.05, 3.63) is 59.7 Å². The molecule has 3 rings (SSSR count). The Balaban J connectivity index is 1.52. The number of fused-ring (bicyclic) bond motifs is 3. The summed E-state index contributed by atoms with van der Waals surface area (Å²) in [5.41, 5.74) is 3.34. The van der Waals surface area contributed by atoms with E-state index in [-0.39, 0.29) is 37.3 Å². The van der Waals surface area contributed by atoms with E-state index in [1.807, 2.05) is 38.1 Å². The van der Waals surface area contributed by atoms with Crippen molar-refractivity contribution in [1.82, 2.24) is 10.6 Å². The molecule has 0 saturated carbocycles. The van der Waals surface area contributed by atoms with Crippen LogP contribution in [-0.2, 0) is 14.3 Å². The van der Waals surface area contributed by atoms with Gasteiger partial charge in [-0.3, -0.25) is 4.79 Å². The molecule has 7 heteroatoms. The van der Waals surface area contributed by atoms with E-state index in [2.05, 4.69) is 34.9 Å². The van der Waals surface area contributed by atoms with Crippen LogP contribution in [0, 0.1) is 5.92 Å². The van der Waals surface area contributed by atoms with Gasteiger partial charge in [0.05, 0.1) is 0 Å². The van der Waals surface area contributed by atoms with Gasteiger partial charge in [0, 0.05) is 18.9 Å². The maximum absolute atomic E-state index is 12.5. The molecule has 0 heterocycles. The molecule has 1 aliphatic carbocycles. The summed E-state index contributed by atoms with van der Waals surface area (Å²) in [6.07, 6.45) is 1.26. The van der Waals surface area contributed by atoms with E-state index in [0.717, 1.165) is 11.1 Å². The number of rotatable bonds is 11. The standard InChI is InChI=1S/C27H34N2O5/c1-4-14-27(3,25(31)32)29-24(30)15-18(5-2)16-28-26(33)34-17-23-21-12-8-6-10-19(21)20-11-7-9-13-22(20)23/h6-13,18,23H,4-5,14-17H2,1-3H3,(H,28,33)(H,29,30)(H,31,32). The number of hydrogen-bond donors (Lipinski definition) is 3. The van der Waals surface area contributed by atoms with Gasteiger partial charge < -0.3 is 20.5 Å². The third kappa shape index (κ3) is 5.76. The Kier molecular flexibility index (Phi) is 8.31. The van der Waals surface area contributed by atoms with Crippen LogP contribution in [0.3, 0.4) is 0 Å². The third-order valence-corrected chi connectivity index (χ3v) is 6.57. The number of amides is 2. The lowest BCUT2D eigenvalue weighted by molar-refractivity contribution is -0.147. The highest BCUT2D eigenvalue weighted by molar-refractivity contribution is 5.86. The number of carboxylic acid groups (broad SMARTS) is 1. The molecule has 2 unspecified atom stereocenters. The fourth-order valence-corrected chi connectivity index (χ4v) is 4.58. The second-order valence-corrected chi connectivity index (χ2v) is 9.12. The number of aliphatic carboxylic acids is 1. The molecular formula is C27H34N2O5. The third-order valence-electron chi connectivity index (χ3n) is 6.57. The number of carbonyl (C=O) groups excluding carboxylic acids is 2. The minimum absolute atomic E-state index is 0.0156. The van der Waals surface area contributed by atoms with E-state index in [9.17, 15) is 19.5 Å². The number of alkyl carbamates (subject to hydrolysis) is 1. The lowest BCUT2D eigenvalue weighted by Gasteiger charge is -2.27. The fraction of sp³-hybridized carbons (Fsp3) is 0.444. The highest BCUT2D eigenvalue weighted by Gasteiger charge is 2.34. The Morgan fingerprint density at radius 3 is 2.15 bits per heavy atom. The Labute approximate surface area is 200 Å². The van der Waals surface area contributed by atoms with E-state index in [1.54, 1.807) is 0 Å². The molecule has 0 aromatic heterocycles. The second-order valence-electron chi connectivity index (χ2n) is 9.12. The van der Waals surface area contributed by atoms with Crippen molar-refractivity contribution < 1.29 is 24.2 Å². The maximum atomic E-state index is 12.5. The first-order chi connectivity index (χ1) is 16.3. The molecule has 2 aromatic rings. The second kappa shape index (κ2) is 11.2. The van der Waals surface area contributed by atoms with Gasteiger partial charge in [-0.1, -0.05) is 75.2 Å². The Morgan fingerprint density at radius 1 is 1.03 bits per heavy atom. The summed E-state index contributed by atoms with van der Waals surface area (Å²) in [4.78, 5) is 36.5. The summed E-state index contributed by atoms with van der Waals surface area (Å²) in [7, 11) is 0. The molecule has 1 aliphatic rings. The summed E-state index contributed by atoms with van der Waals surface area (Å²) in [5, 5.41) is 14.9. The average molecular weight is 467 g/mol. The zero-order valence-corrected chi connectivity index (χ0v) is 20.1. The van der Waals surface area contributed by atoms with Crippen molar-refractivity contribution in [2.24, 2.45) is 5.92 Å². The molecule has 2 amide bonds. The molecule has 0 bridgehead atoms. The molecule has 2 aromatic carbocycles. The van der Waals surface area contributed by atoms with E-state index >= 15 is 0 Å². The number of carboxylic acids is 1. The smallest absolute Gasteiger partial charge is 0.407 e. The van der Waals surface area contributed by atoms with Crippen LogP contribution in [0.5, 0.6) is 0 Å². The number of nitrogens with one attached hydrogen (secondary N) is 2. The predicted octanol–water partition coefficient (Wildman–Crippen LogP) is 4.70. The molecule has 0 radical (unpaired) electrons. The summed E-state index contributed by atoms with van der Waals surface area (Å²) >= 11 is 0. The first-order valence-corrected chi connectivity index (χ1v) is 11.9. The molecule has 182 valence electrons. The van der Waals surface area contributed by atoms with Gasteiger partial charge in [0.1, 0.15) is 12.1 Å². The van der Waals surface area contributed by atoms with Crippen LogP contribution in [0.2, 0.25) is 0 Å². The molecular weight excluding hydrogens is 432 g/mol. The van der Waals surface area contributed by atoms with Gasteiger partial charge in [-0.25, -0.2) is 9.59 Å². The summed E-state index contributed by atoms with van der Waals surface area (Å²) < 4.78 is 5.56. The van der Waals surface area contributed by atoms with Crippen LogP contribution < -0.4 is 10.6 Å². The van der Waals surface area contributed by atoms with E-state index < -0.39 is 17.6 Å². The average Bonchev–Trinajstić information content (AvgIpc) is 3.14. The quantitative estimate of drug-likeness (QED) is 0.445. The lowest BCUT2D eigenvalue weighted by Crippen LogP contribution is -2.52. The SMILES string of the molecule is CCCC(C)(NC(=O)CC(CC)CNC(=O)OCC1c2ccccc2-c2ccccc21)C(=O)O. The van der Waals surface area contributed by atoms with Gasteiger partial charge in [-0.15, -0.1) is 0 Å². The van der Waals surface area contributed by atoms with Gasteiger partial charge in [0.15, 0.2) is 0 Å². The topological polar surface area (TPSA) is 105 Å². The van der Waals surface area contributed by atoms with Crippen LogP contribution in [0.25, 0.3) is 11.1 Å². The molecule has 0 aliphatic heterocycles. The highest BCUT2D eigenvalue weighted by atomic mass is 16.5. The normalized spacial score (nSPS) is 14.9. The molecule has 0 fully saturated rings. The van der Waals surface area contributed by atoms with Crippen LogP contribution >= 0.6 is 0 Å². The molecule has 7 nitrogen and oxygen atoms in total. The first-order valence-electron chi connectivity index (χ1n) is 11.9. The summed E-state index contributed by atoms with van der Waals surface area (Å²) in [6.45, 7) is 5.83. The van der Waals surface area contributed by atoms with E-state index in [0.29, 0.717) is 19.3 Å². The molecule has 0 spiro atoms. The number of benzene rings is 2. The van der Waals surface area contributed by atoms with Crippen LogP contribution in [0.4, 0.5) is 4.79 Å². The zero-order valence-electron chi connectivity index (χ0n) is 20.1. The zero-order chi connectivity index (χ0) is 24.7. The van der Waals surface area contributed by atoms with Crippen LogP contribution in [0.1, 0.15) is 63.5 Å². The van der Waals surface area contributed by atoms with Crippen molar-refractivity contribution in [3.8, 4) is 11.1 Å². The number of hydrogen-bond acceptors (Lipinski definition) is 4. The Bertz CT molecular complexity index is 992.